The van der Waals surface area contributed by atoms with Gasteiger partial charge in [0.15, 0.2) is 0 Å². The maximum absolute atomic E-state index is 11.9. The number of carbonyl (C=O) groups is 2. The second-order valence-electron chi connectivity index (χ2n) is 4.92. The normalized spacial score (nSPS) is 16.9. The Bertz CT molecular complexity index is 552. The van der Waals surface area contributed by atoms with Crippen LogP contribution in [0.1, 0.15) is 24.0 Å². The minimum absolute atomic E-state index is 0.112. The number of carbonyl (C=O) groups excluding carboxylic acids is 2. The molecule has 6 heteroatoms. The number of nitrogens with zero attached hydrogens (tertiary/aromatic N) is 1. The highest BCUT2D eigenvalue weighted by Crippen LogP contribution is 2.17. The van der Waals surface area contributed by atoms with Gasteiger partial charge in [0.05, 0.1) is 5.71 Å². The van der Waals surface area contributed by atoms with Gasteiger partial charge in [-0.1, -0.05) is 35.0 Å². The summed E-state index contributed by atoms with van der Waals surface area (Å²) in [6.07, 6.45) is 0.0705. The van der Waals surface area contributed by atoms with Crippen LogP contribution in [0.4, 0.5) is 0 Å². The van der Waals surface area contributed by atoms with Crippen molar-refractivity contribution >= 4 is 17.5 Å². The average molecular weight is 289 g/mol. The number of rotatable bonds is 5. The summed E-state index contributed by atoms with van der Waals surface area (Å²) in [5, 5.41) is 9.14. The van der Waals surface area contributed by atoms with Gasteiger partial charge in [-0.2, -0.15) is 0 Å². The molecule has 1 atom stereocenters. The van der Waals surface area contributed by atoms with Gasteiger partial charge >= 0.3 is 0 Å². The molecule has 0 saturated heterocycles. The molecular weight excluding hydrogens is 270 g/mol. The Morgan fingerprint density at radius 1 is 1.33 bits per heavy atom. The van der Waals surface area contributed by atoms with E-state index in [1.165, 1.54) is 5.56 Å². The smallest absolute Gasteiger partial charge is 0.264 e. The molecule has 0 aromatic heterocycles. The van der Waals surface area contributed by atoms with E-state index in [9.17, 15) is 9.59 Å². The molecule has 1 aromatic carbocycles. The molecule has 1 aromatic rings. The standard InChI is InChI=1S/C15H19N3O3/c1-10-3-5-11(6-4-10)12-9-13(21-18-12)15(20)17-8-7-14(19)16-2/h3-6,13H,7-9H2,1-2H3,(H,16,19)(H,17,20). The fraction of sp³-hybridized carbons (Fsp3) is 0.400. The number of benzene rings is 1. The Morgan fingerprint density at radius 2 is 2.05 bits per heavy atom. The van der Waals surface area contributed by atoms with Crippen LogP contribution in [-0.4, -0.2) is 37.2 Å². The van der Waals surface area contributed by atoms with Gasteiger partial charge in [0.2, 0.25) is 12.0 Å². The third kappa shape index (κ3) is 4.05. The Morgan fingerprint density at radius 3 is 2.71 bits per heavy atom. The Kier molecular flexibility index (Phi) is 4.92. The van der Waals surface area contributed by atoms with Crippen molar-refractivity contribution in [3.8, 4) is 0 Å². The summed E-state index contributed by atoms with van der Waals surface area (Å²) in [5.74, 6) is -0.357. The van der Waals surface area contributed by atoms with E-state index in [0.717, 1.165) is 11.3 Å². The summed E-state index contributed by atoms with van der Waals surface area (Å²) in [6, 6.07) is 7.91. The van der Waals surface area contributed by atoms with Crippen LogP contribution in [0.5, 0.6) is 0 Å². The van der Waals surface area contributed by atoms with Gasteiger partial charge in [0.25, 0.3) is 5.91 Å². The lowest BCUT2D eigenvalue weighted by molar-refractivity contribution is -0.131. The monoisotopic (exact) mass is 289 g/mol. The maximum Gasteiger partial charge on any atom is 0.264 e. The summed E-state index contributed by atoms with van der Waals surface area (Å²) in [6.45, 7) is 2.30. The van der Waals surface area contributed by atoms with Crippen molar-refractivity contribution in [3.05, 3.63) is 35.4 Å². The molecule has 0 radical (unpaired) electrons. The van der Waals surface area contributed by atoms with E-state index >= 15 is 0 Å². The van der Waals surface area contributed by atoms with Crippen molar-refractivity contribution in [3.63, 3.8) is 0 Å². The molecular formula is C15H19N3O3. The van der Waals surface area contributed by atoms with Crippen molar-refractivity contribution in [1.29, 1.82) is 0 Å². The van der Waals surface area contributed by atoms with E-state index < -0.39 is 6.10 Å². The van der Waals surface area contributed by atoms with Gasteiger partial charge in [-0.25, -0.2) is 0 Å². The van der Waals surface area contributed by atoms with Crippen LogP contribution < -0.4 is 10.6 Å². The predicted octanol–water partition coefficient (Wildman–Crippen LogP) is 0.740. The maximum atomic E-state index is 11.9. The van der Waals surface area contributed by atoms with Crippen LogP contribution in [-0.2, 0) is 14.4 Å². The molecule has 2 rings (SSSR count). The molecule has 1 heterocycles. The molecule has 0 aliphatic carbocycles. The summed E-state index contributed by atoms with van der Waals surface area (Å²) < 4.78 is 0. The third-order valence-electron chi connectivity index (χ3n) is 3.28. The predicted molar refractivity (Wildman–Crippen MR) is 78.9 cm³/mol. The number of amides is 2. The SMILES string of the molecule is CNC(=O)CCNC(=O)C1CC(c2ccc(C)cc2)=NO1. The second kappa shape index (κ2) is 6.88. The van der Waals surface area contributed by atoms with Crippen LogP contribution in [0.25, 0.3) is 0 Å². The molecule has 6 nitrogen and oxygen atoms in total. The van der Waals surface area contributed by atoms with Crippen molar-refractivity contribution in [2.24, 2.45) is 5.16 Å². The zero-order valence-electron chi connectivity index (χ0n) is 12.2. The van der Waals surface area contributed by atoms with Gasteiger partial charge in [0.1, 0.15) is 0 Å². The molecule has 112 valence electrons. The molecule has 2 N–H and O–H groups in total. The fourth-order valence-corrected chi connectivity index (χ4v) is 1.97. The summed E-state index contributed by atoms with van der Waals surface area (Å²) in [7, 11) is 1.56. The van der Waals surface area contributed by atoms with E-state index in [-0.39, 0.29) is 24.8 Å². The molecule has 0 fully saturated rings. The van der Waals surface area contributed by atoms with Crippen molar-refractivity contribution in [1.82, 2.24) is 10.6 Å². The molecule has 21 heavy (non-hydrogen) atoms. The third-order valence-corrected chi connectivity index (χ3v) is 3.28. The number of nitrogens with one attached hydrogen (secondary N) is 2. The minimum atomic E-state index is -0.619. The highest BCUT2D eigenvalue weighted by atomic mass is 16.6. The molecule has 1 aliphatic heterocycles. The van der Waals surface area contributed by atoms with Crippen molar-refractivity contribution < 1.29 is 14.4 Å². The first-order chi connectivity index (χ1) is 10.1. The highest BCUT2D eigenvalue weighted by Gasteiger charge is 2.28. The summed E-state index contributed by atoms with van der Waals surface area (Å²) in [5.41, 5.74) is 2.89. The molecule has 1 aliphatic rings. The first kappa shape index (κ1) is 15.0. The Hall–Kier alpha value is -2.37. The van der Waals surface area contributed by atoms with Crippen LogP contribution >= 0.6 is 0 Å². The number of oxime groups is 1. The molecule has 1 unspecified atom stereocenters. The largest absolute Gasteiger partial charge is 0.382 e. The van der Waals surface area contributed by atoms with Gasteiger partial charge in [-0.15, -0.1) is 0 Å². The van der Waals surface area contributed by atoms with Crippen LogP contribution in [0.3, 0.4) is 0 Å². The lowest BCUT2D eigenvalue weighted by Crippen LogP contribution is -2.36. The van der Waals surface area contributed by atoms with Gasteiger partial charge in [-0.05, 0) is 12.5 Å². The highest BCUT2D eigenvalue weighted by molar-refractivity contribution is 6.04. The van der Waals surface area contributed by atoms with Gasteiger partial charge in [-0.3, -0.25) is 9.59 Å². The molecule has 2 amide bonds. The minimum Gasteiger partial charge on any atom is -0.382 e. The first-order valence-electron chi connectivity index (χ1n) is 6.88. The van der Waals surface area contributed by atoms with E-state index in [1.54, 1.807) is 7.05 Å². The molecule has 0 spiro atoms. The van der Waals surface area contributed by atoms with Crippen LogP contribution in [0.2, 0.25) is 0 Å². The molecule has 0 bridgehead atoms. The van der Waals surface area contributed by atoms with Gasteiger partial charge < -0.3 is 15.5 Å². The summed E-state index contributed by atoms with van der Waals surface area (Å²) in [4.78, 5) is 28.1. The van der Waals surface area contributed by atoms with E-state index in [0.29, 0.717) is 6.42 Å². The Balaban J connectivity index is 1.82. The zero-order valence-corrected chi connectivity index (χ0v) is 12.2. The van der Waals surface area contributed by atoms with Crippen molar-refractivity contribution in [2.75, 3.05) is 13.6 Å². The first-order valence-corrected chi connectivity index (χ1v) is 6.88. The quantitative estimate of drug-likeness (QED) is 0.839. The Labute approximate surface area is 123 Å². The van der Waals surface area contributed by atoms with E-state index in [1.807, 2.05) is 31.2 Å². The number of aryl methyl sites for hydroxylation is 1. The lowest BCUT2D eigenvalue weighted by Gasteiger charge is -2.09. The van der Waals surface area contributed by atoms with Crippen molar-refractivity contribution in [2.45, 2.75) is 25.9 Å². The lowest BCUT2D eigenvalue weighted by atomic mass is 10.0. The summed E-state index contributed by atoms with van der Waals surface area (Å²) >= 11 is 0. The topological polar surface area (TPSA) is 79.8 Å². The second-order valence-corrected chi connectivity index (χ2v) is 4.92. The number of hydrogen-bond acceptors (Lipinski definition) is 4. The fourth-order valence-electron chi connectivity index (χ4n) is 1.97. The van der Waals surface area contributed by atoms with Gasteiger partial charge in [0, 0.05) is 26.4 Å². The average Bonchev–Trinajstić information content (AvgIpc) is 2.97. The number of hydrogen-bond donors (Lipinski definition) is 2. The molecule has 0 saturated carbocycles. The van der Waals surface area contributed by atoms with Crippen LogP contribution in [0, 0.1) is 6.92 Å². The van der Waals surface area contributed by atoms with E-state index in [2.05, 4.69) is 15.8 Å². The zero-order chi connectivity index (χ0) is 15.2. The van der Waals surface area contributed by atoms with Crippen LogP contribution in [0.15, 0.2) is 29.4 Å². The van der Waals surface area contributed by atoms with E-state index in [4.69, 9.17) is 4.84 Å².